The van der Waals surface area contributed by atoms with E-state index in [0.29, 0.717) is 26.2 Å². The number of para-hydroxylation sites is 1. The van der Waals surface area contributed by atoms with Gasteiger partial charge in [0, 0.05) is 45.0 Å². The summed E-state index contributed by atoms with van der Waals surface area (Å²) in [6.07, 6.45) is 2.33. The van der Waals surface area contributed by atoms with Gasteiger partial charge in [-0.05, 0) is 18.1 Å². The van der Waals surface area contributed by atoms with E-state index in [9.17, 15) is 14.9 Å². The van der Waals surface area contributed by atoms with Crippen molar-refractivity contribution in [3.05, 3.63) is 41.6 Å². The van der Waals surface area contributed by atoms with Crippen LogP contribution >= 0.6 is 0 Å². The lowest BCUT2D eigenvalue weighted by atomic mass is 10.1. The summed E-state index contributed by atoms with van der Waals surface area (Å²) in [5.41, 5.74) is 2.08. The lowest BCUT2D eigenvalue weighted by Gasteiger charge is -2.34. The van der Waals surface area contributed by atoms with E-state index >= 15 is 0 Å². The third-order valence-corrected chi connectivity index (χ3v) is 4.13. The molecule has 0 bridgehead atoms. The summed E-state index contributed by atoms with van der Waals surface area (Å²) in [6.45, 7) is 5.48. The first-order chi connectivity index (χ1) is 11.6. The Hall–Kier alpha value is -2.81. The van der Waals surface area contributed by atoms with Crippen molar-refractivity contribution in [1.29, 1.82) is 5.26 Å². The molecule has 126 valence electrons. The molecular formula is C18H22N4O2. The van der Waals surface area contributed by atoms with E-state index in [1.54, 1.807) is 9.80 Å². The molecule has 1 aromatic carbocycles. The smallest absolute Gasteiger partial charge is 0.266 e. The van der Waals surface area contributed by atoms with E-state index in [-0.39, 0.29) is 17.4 Å². The van der Waals surface area contributed by atoms with Gasteiger partial charge in [-0.3, -0.25) is 9.59 Å². The average molecular weight is 326 g/mol. The predicted octanol–water partition coefficient (Wildman–Crippen LogP) is 1.76. The first-order valence-electron chi connectivity index (χ1n) is 8.06. The standard InChI is InChI=1S/C18H22N4O2/c1-3-15-6-4-5-7-17(15)20-13-16(12-19)18(24)22-10-8-21(9-11-22)14(2)23/h4-7,13,20H,3,8-11H2,1-2H3/b16-13-. The molecule has 24 heavy (non-hydrogen) atoms. The number of anilines is 1. The van der Waals surface area contributed by atoms with Crippen molar-refractivity contribution in [2.24, 2.45) is 0 Å². The summed E-state index contributed by atoms with van der Waals surface area (Å²) in [6, 6.07) is 9.75. The zero-order chi connectivity index (χ0) is 17.5. The monoisotopic (exact) mass is 326 g/mol. The predicted molar refractivity (Wildman–Crippen MR) is 92.0 cm³/mol. The summed E-state index contributed by atoms with van der Waals surface area (Å²) in [5.74, 6) is -0.293. The molecule has 0 saturated carbocycles. The number of piperazine rings is 1. The van der Waals surface area contributed by atoms with Gasteiger partial charge in [0.2, 0.25) is 5.91 Å². The molecule has 0 spiro atoms. The topological polar surface area (TPSA) is 76.4 Å². The lowest BCUT2D eigenvalue weighted by Crippen LogP contribution is -2.50. The first kappa shape index (κ1) is 17.5. The number of nitrogens with zero attached hydrogens (tertiary/aromatic N) is 3. The van der Waals surface area contributed by atoms with E-state index < -0.39 is 0 Å². The van der Waals surface area contributed by atoms with Gasteiger partial charge in [-0.25, -0.2) is 0 Å². The molecule has 2 rings (SSSR count). The van der Waals surface area contributed by atoms with E-state index in [1.165, 1.54) is 13.1 Å². The summed E-state index contributed by atoms with van der Waals surface area (Å²) >= 11 is 0. The minimum absolute atomic E-state index is 0.0102. The molecule has 6 nitrogen and oxygen atoms in total. The van der Waals surface area contributed by atoms with Crippen LogP contribution in [0.5, 0.6) is 0 Å². The van der Waals surface area contributed by atoms with Crippen molar-refractivity contribution in [3.63, 3.8) is 0 Å². The van der Waals surface area contributed by atoms with Crippen LogP contribution in [0.2, 0.25) is 0 Å². The highest BCUT2D eigenvalue weighted by atomic mass is 16.2. The Morgan fingerprint density at radius 3 is 2.42 bits per heavy atom. The number of nitriles is 1. The highest BCUT2D eigenvalue weighted by Gasteiger charge is 2.24. The maximum Gasteiger partial charge on any atom is 0.266 e. The zero-order valence-electron chi connectivity index (χ0n) is 14.1. The fourth-order valence-electron chi connectivity index (χ4n) is 2.66. The second-order valence-electron chi connectivity index (χ2n) is 5.62. The number of amides is 2. The number of rotatable bonds is 4. The molecule has 1 fully saturated rings. The Kier molecular flexibility index (Phi) is 5.96. The van der Waals surface area contributed by atoms with Gasteiger partial charge in [-0.2, -0.15) is 5.26 Å². The maximum absolute atomic E-state index is 12.5. The van der Waals surface area contributed by atoms with Crippen molar-refractivity contribution in [3.8, 4) is 6.07 Å². The Morgan fingerprint density at radius 2 is 1.83 bits per heavy atom. The molecule has 0 aliphatic carbocycles. The first-order valence-corrected chi connectivity index (χ1v) is 8.06. The molecule has 1 N–H and O–H groups in total. The van der Waals surface area contributed by atoms with Gasteiger partial charge in [-0.15, -0.1) is 0 Å². The van der Waals surface area contributed by atoms with Crippen LogP contribution in [0.1, 0.15) is 19.4 Å². The molecule has 2 amide bonds. The normalized spacial score (nSPS) is 15.0. The van der Waals surface area contributed by atoms with Crippen LogP contribution in [0.3, 0.4) is 0 Å². The molecule has 0 atom stereocenters. The van der Waals surface area contributed by atoms with Crippen molar-refractivity contribution in [1.82, 2.24) is 9.80 Å². The van der Waals surface area contributed by atoms with Gasteiger partial charge in [0.1, 0.15) is 11.6 Å². The molecule has 0 unspecified atom stereocenters. The molecule has 6 heteroatoms. The van der Waals surface area contributed by atoms with Crippen molar-refractivity contribution in [2.45, 2.75) is 20.3 Å². The van der Waals surface area contributed by atoms with E-state index in [4.69, 9.17) is 0 Å². The SMILES string of the molecule is CCc1ccccc1N/C=C(/C#N)C(=O)N1CCN(C(C)=O)CC1. The minimum atomic E-state index is -0.304. The Labute approximate surface area is 142 Å². The third-order valence-electron chi connectivity index (χ3n) is 4.13. The second-order valence-corrected chi connectivity index (χ2v) is 5.62. The molecular weight excluding hydrogens is 304 g/mol. The fourth-order valence-corrected chi connectivity index (χ4v) is 2.66. The van der Waals surface area contributed by atoms with Crippen LogP contribution in [0.25, 0.3) is 0 Å². The molecule has 0 aromatic heterocycles. The van der Waals surface area contributed by atoms with Crippen LogP contribution < -0.4 is 5.32 Å². The van der Waals surface area contributed by atoms with Crippen molar-refractivity contribution >= 4 is 17.5 Å². The molecule has 1 saturated heterocycles. The van der Waals surface area contributed by atoms with Gasteiger partial charge >= 0.3 is 0 Å². The van der Waals surface area contributed by atoms with Gasteiger partial charge in [0.25, 0.3) is 5.91 Å². The molecule has 1 aliphatic rings. The van der Waals surface area contributed by atoms with Crippen LogP contribution in [0, 0.1) is 11.3 Å². The van der Waals surface area contributed by atoms with Crippen molar-refractivity contribution in [2.75, 3.05) is 31.5 Å². The summed E-state index contributed by atoms with van der Waals surface area (Å²) in [7, 11) is 0. The fraction of sp³-hybridized carbons (Fsp3) is 0.389. The maximum atomic E-state index is 12.5. The van der Waals surface area contributed by atoms with E-state index in [1.807, 2.05) is 30.3 Å². The number of hydrogen-bond donors (Lipinski definition) is 1. The number of aryl methyl sites for hydroxylation is 1. The van der Waals surface area contributed by atoms with Gasteiger partial charge in [-0.1, -0.05) is 25.1 Å². The Morgan fingerprint density at radius 1 is 1.21 bits per heavy atom. The summed E-state index contributed by atoms with van der Waals surface area (Å²) in [5, 5.41) is 12.4. The molecule has 1 aliphatic heterocycles. The number of carbonyl (C=O) groups excluding carboxylic acids is 2. The van der Waals surface area contributed by atoms with Gasteiger partial charge < -0.3 is 15.1 Å². The number of carbonyl (C=O) groups is 2. The highest BCUT2D eigenvalue weighted by Crippen LogP contribution is 2.16. The van der Waals surface area contributed by atoms with E-state index in [2.05, 4.69) is 12.2 Å². The Balaban J connectivity index is 2.04. The minimum Gasteiger partial charge on any atom is -0.360 e. The van der Waals surface area contributed by atoms with Crippen LogP contribution in [0.4, 0.5) is 5.69 Å². The van der Waals surface area contributed by atoms with E-state index in [0.717, 1.165) is 17.7 Å². The van der Waals surface area contributed by atoms with Crippen LogP contribution in [-0.4, -0.2) is 47.8 Å². The number of nitrogens with one attached hydrogen (secondary N) is 1. The van der Waals surface area contributed by atoms with Gasteiger partial charge in [0.05, 0.1) is 0 Å². The molecule has 1 aromatic rings. The average Bonchev–Trinajstić information content (AvgIpc) is 2.62. The summed E-state index contributed by atoms with van der Waals surface area (Å²) in [4.78, 5) is 27.1. The van der Waals surface area contributed by atoms with Crippen LogP contribution in [-0.2, 0) is 16.0 Å². The number of benzene rings is 1. The quantitative estimate of drug-likeness (QED) is 0.676. The molecule has 0 radical (unpaired) electrons. The lowest BCUT2D eigenvalue weighted by molar-refractivity contribution is -0.136. The zero-order valence-corrected chi connectivity index (χ0v) is 14.1. The third kappa shape index (κ3) is 4.13. The number of hydrogen-bond acceptors (Lipinski definition) is 4. The molecule has 1 heterocycles. The second kappa shape index (κ2) is 8.16. The van der Waals surface area contributed by atoms with Crippen LogP contribution in [0.15, 0.2) is 36.0 Å². The Bertz CT molecular complexity index is 683. The van der Waals surface area contributed by atoms with Crippen molar-refractivity contribution < 1.29 is 9.59 Å². The highest BCUT2D eigenvalue weighted by molar-refractivity contribution is 5.97. The van der Waals surface area contributed by atoms with Gasteiger partial charge in [0.15, 0.2) is 0 Å². The largest absolute Gasteiger partial charge is 0.360 e. The summed E-state index contributed by atoms with van der Waals surface area (Å²) < 4.78 is 0.